The number of esters is 2. The molecule has 1 aliphatic carbocycles. The molecular weight excluding hydrogens is 288 g/mol. The molecule has 0 bridgehead atoms. The van der Waals surface area contributed by atoms with Gasteiger partial charge < -0.3 is 18.9 Å². The summed E-state index contributed by atoms with van der Waals surface area (Å²) in [5.41, 5.74) is -0.960. The number of ether oxygens (including phenoxy) is 4. The summed E-state index contributed by atoms with van der Waals surface area (Å²) in [5.74, 6) is -1.38. The first-order valence-corrected chi connectivity index (χ1v) is 7.19. The lowest BCUT2D eigenvalue weighted by atomic mass is 9.73. The van der Waals surface area contributed by atoms with Crippen molar-refractivity contribution in [3.63, 3.8) is 0 Å². The minimum Gasteiger partial charge on any atom is -0.471 e. The van der Waals surface area contributed by atoms with Crippen LogP contribution in [0.15, 0.2) is 35.6 Å². The maximum atomic E-state index is 12.2. The van der Waals surface area contributed by atoms with E-state index in [1.807, 2.05) is 19.1 Å². The summed E-state index contributed by atoms with van der Waals surface area (Å²) in [6, 6.07) is 0. The Kier molecular flexibility index (Phi) is 2.47. The number of carbonyl (C=O) groups is 2. The fourth-order valence-electron chi connectivity index (χ4n) is 4.19. The quantitative estimate of drug-likeness (QED) is 0.412. The smallest absolute Gasteiger partial charge is 0.337 e. The highest BCUT2D eigenvalue weighted by Gasteiger charge is 2.76. The summed E-state index contributed by atoms with van der Waals surface area (Å²) in [4.78, 5) is 24.1. The van der Waals surface area contributed by atoms with Crippen molar-refractivity contribution >= 4 is 11.9 Å². The van der Waals surface area contributed by atoms with Crippen LogP contribution in [-0.2, 0) is 28.5 Å². The Bertz CT molecular complexity index is 674. The average molecular weight is 304 g/mol. The fourth-order valence-corrected chi connectivity index (χ4v) is 4.19. The molecule has 6 heteroatoms. The van der Waals surface area contributed by atoms with E-state index in [1.54, 1.807) is 13.0 Å². The summed E-state index contributed by atoms with van der Waals surface area (Å²) in [5, 5.41) is 0. The zero-order valence-electron chi connectivity index (χ0n) is 12.5. The maximum absolute atomic E-state index is 12.2. The number of allylic oxidation sites excluding steroid dienone is 2. The van der Waals surface area contributed by atoms with Gasteiger partial charge in [0.1, 0.15) is 5.60 Å². The van der Waals surface area contributed by atoms with Crippen LogP contribution in [0.4, 0.5) is 0 Å². The van der Waals surface area contributed by atoms with Gasteiger partial charge in [-0.25, -0.2) is 9.59 Å². The van der Waals surface area contributed by atoms with E-state index in [4.69, 9.17) is 18.9 Å². The van der Waals surface area contributed by atoms with Gasteiger partial charge in [0.25, 0.3) is 0 Å². The van der Waals surface area contributed by atoms with Crippen LogP contribution < -0.4 is 0 Å². The van der Waals surface area contributed by atoms with E-state index in [0.29, 0.717) is 11.1 Å². The second kappa shape index (κ2) is 4.01. The molecule has 4 aliphatic rings. The lowest BCUT2D eigenvalue weighted by Gasteiger charge is -2.33. The second-order valence-electron chi connectivity index (χ2n) is 6.02. The van der Waals surface area contributed by atoms with E-state index in [9.17, 15) is 9.59 Å². The zero-order chi connectivity index (χ0) is 15.7. The molecule has 0 amide bonds. The molecule has 2 fully saturated rings. The molecule has 0 radical (unpaired) electrons. The van der Waals surface area contributed by atoms with Crippen molar-refractivity contribution < 1.29 is 28.5 Å². The predicted molar refractivity (Wildman–Crippen MR) is 73.2 cm³/mol. The van der Waals surface area contributed by atoms with Crippen LogP contribution in [0.5, 0.6) is 0 Å². The first kappa shape index (κ1) is 13.6. The minimum absolute atomic E-state index is 0.253. The van der Waals surface area contributed by atoms with Crippen molar-refractivity contribution in [2.24, 2.45) is 11.8 Å². The molecule has 3 heterocycles. The Labute approximate surface area is 127 Å². The summed E-state index contributed by atoms with van der Waals surface area (Å²) in [6.07, 6.45) is 6.26. The lowest BCUT2D eigenvalue weighted by Crippen LogP contribution is -2.48. The van der Waals surface area contributed by atoms with Gasteiger partial charge in [-0.15, -0.1) is 0 Å². The van der Waals surface area contributed by atoms with Gasteiger partial charge in [-0.2, -0.15) is 0 Å². The van der Waals surface area contributed by atoms with Gasteiger partial charge in [0, 0.05) is 5.92 Å². The molecule has 0 N–H and O–H groups in total. The SMILES string of the molecule is C/C=C1/C(=O)O[C@]23C=C[C@@H]4C(C(=O)OC)=CO[C@H](O[C@@]12C)[C@@H]43. The molecule has 4 rings (SSSR count). The van der Waals surface area contributed by atoms with Gasteiger partial charge in [-0.05, 0) is 19.9 Å². The molecule has 22 heavy (non-hydrogen) atoms. The second-order valence-corrected chi connectivity index (χ2v) is 6.02. The highest BCUT2D eigenvalue weighted by atomic mass is 16.7. The Morgan fingerprint density at radius 3 is 2.91 bits per heavy atom. The van der Waals surface area contributed by atoms with E-state index in [2.05, 4.69) is 0 Å². The molecule has 0 aromatic carbocycles. The number of methoxy groups -OCH3 is 1. The first-order valence-electron chi connectivity index (χ1n) is 7.19. The van der Waals surface area contributed by atoms with E-state index in [1.165, 1.54) is 13.4 Å². The van der Waals surface area contributed by atoms with Gasteiger partial charge in [0.05, 0.1) is 30.4 Å². The largest absolute Gasteiger partial charge is 0.471 e. The van der Waals surface area contributed by atoms with E-state index >= 15 is 0 Å². The molecule has 0 saturated carbocycles. The first-order chi connectivity index (χ1) is 10.5. The molecule has 0 aromatic rings. The molecule has 6 nitrogen and oxygen atoms in total. The molecular formula is C16H16O6. The predicted octanol–water partition coefficient (Wildman–Crippen LogP) is 1.23. The molecule has 3 aliphatic heterocycles. The fraction of sp³-hybridized carbons (Fsp3) is 0.500. The maximum Gasteiger partial charge on any atom is 0.337 e. The van der Waals surface area contributed by atoms with Crippen molar-refractivity contribution in [1.29, 1.82) is 0 Å². The molecule has 0 unspecified atom stereocenters. The van der Waals surface area contributed by atoms with Crippen LogP contribution in [0.3, 0.4) is 0 Å². The highest BCUT2D eigenvalue weighted by molar-refractivity contribution is 5.96. The van der Waals surface area contributed by atoms with Crippen LogP contribution in [-0.4, -0.2) is 36.5 Å². The van der Waals surface area contributed by atoms with E-state index in [0.717, 1.165) is 0 Å². The van der Waals surface area contributed by atoms with Crippen molar-refractivity contribution in [2.45, 2.75) is 31.3 Å². The Morgan fingerprint density at radius 2 is 2.23 bits per heavy atom. The average Bonchev–Trinajstić information content (AvgIpc) is 3.05. The Balaban J connectivity index is 1.83. The summed E-state index contributed by atoms with van der Waals surface area (Å²) < 4.78 is 22.2. The van der Waals surface area contributed by atoms with Crippen molar-refractivity contribution in [2.75, 3.05) is 7.11 Å². The van der Waals surface area contributed by atoms with Crippen molar-refractivity contribution in [3.05, 3.63) is 35.6 Å². The third-order valence-electron chi connectivity index (χ3n) is 5.22. The van der Waals surface area contributed by atoms with Crippen LogP contribution in [0.25, 0.3) is 0 Å². The molecule has 2 saturated heterocycles. The number of carbonyl (C=O) groups excluding carboxylic acids is 2. The van der Waals surface area contributed by atoms with Gasteiger partial charge >= 0.3 is 11.9 Å². The van der Waals surface area contributed by atoms with Crippen LogP contribution in [0.1, 0.15) is 13.8 Å². The summed E-state index contributed by atoms with van der Waals surface area (Å²) in [6.45, 7) is 3.61. The molecule has 0 aromatic heterocycles. The summed E-state index contributed by atoms with van der Waals surface area (Å²) >= 11 is 0. The van der Waals surface area contributed by atoms with Crippen molar-refractivity contribution in [3.8, 4) is 0 Å². The minimum atomic E-state index is -0.936. The van der Waals surface area contributed by atoms with Gasteiger partial charge in [-0.3, -0.25) is 0 Å². The van der Waals surface area contributed by atoms with Gasteiger partial charge in [0.15, 0.2) is 5.60 Å². The molecule has 116 valence electrons. The van der Waals surface area contributed by atoms with Crippen molar-refractivity contribution in [1.82, 2.24) is 0 Å². The van der Waals surface area contributed by atoms with Gasteiger partial charge in [-0.1, -0.05) is 12.2 Å². The normalized spacial score (nSPS) is 46.0. The molecule has 1 spiro atoms. The Hall–Kier alpha value is -2.08. The third-order valence-corrected chi connectivity index (χ3v) is 5.22. The number of hydrogen-bond acceptors (Lipinski definition) is 6. The molecule has 5 atom stereocenters. The monoisotopic (exact) mass is 304 g/mol. The summed E-state index contributed by atoms with van der Waals surface area (Å²) in [7, 11) is 1.33. The lowest BCUT2D eigenvalue weighted by molar-refractivity contribution is -0.154. The van der Waals surface area contributed by atoms with E-state index in [-0.39, 0.29) is 17.8 Å². The highest BCUT2D eigenvalue weighted by Crippen LogP contribution is 2.62. The topological polar surface area (TPSA) is 71.1 Å². The Morgan fingerprint density at radius 1 is 1.45 bits per heavy atom. The van der Waals surface area contributed by atoms with Crippen LogP contribution >= 0.6 is 0 Å². The van der Waals surface area contributed by atoms with Crippen LogP contribution in [0, 0.1) is 11.8 Å². The van der Waals surface area contributed by atoms with Crippen LogP contribution in [0.2, 0.25) is 0 Å². The number of rotatable bonds is 1. The van der Waals surface area contributed by atoms with Gasteiger partial charge in [0.2, 0.25) is 6.29 Å². The van der Waals surface area contributed by atoms with E-state index < -0.39 is 23.5 Å². The standard InChI is InChI=1S/C16H16O6/c1-4-10-13(18)21-16-6-5-8-9(12(17)19-3)7-20-14(11(8)16)22-15(10,16)2/h4-8,11,14H,1-3H3/b10-4-/t8-,11-,14-,15+,16+/m1/s1. The third kappa shape index (κ3) is 1.26. The zero-order valence-corrected chi connectivity index (χ0v) is 12.5. The number of hydrogen-bond donors (Lipinski definition) is 0.